The SMILES string of the molecule is C[N-]CCC1CCCN1C. The van der Waals surface area contributed by atoms with Gasteiger partial charge in [0.15, 0.2) is 0 Å². The van der Waals surface area contributed by atoms with Crippen molar-refractivity contribution < 1.29 is 0 Å². The Morgan fingerprint density at radius 1 is 1.60 bits per heavy atom. The molecule has 1 aliphatic heterocycles. The molecule has 0 aromatic carbocycles. The normalized spacial score (nSPS) is 27.6. The third kappa shape index (κ3) is 1.96. The third-order valence-electron chi connectivity index (χ3n) is 2.36. The molecule has 0 radical (unpaired) electrons. The molecule has 0 spiro atoms. The van der Waals surface area contributed by atoms with Crippen LogP contribution in [-0.4, -0.2) is 38.1 Å². The highest BCUT2D eigenvalue weighted by molar-refractivity contribution is 4.81. The summed E-state index contributed by atoms with van der Waals surface area (Å²) in [5.74, 6) is 0. The Kier molecular flexibility index (Phi) is 3.16. The van der Waals surface area contributed by atoms with Crippen LogP contribution in [-0.2, 0) is 0 Å². The standard InChI is InChI=1S/C8H17N2/c1-9-6-5-8-4-3-7-10(8)2/h8H,3-7H2,1-2H3/q-1. The average Bonchev–Trinajstić information content (AvgIpc) is 2.31. The summed E-state index contributed by atoms with van der Waals surface area (Å²) in [4.78, 5) is 2.45. The first-order chi connectivity index (χ1) is 4.84. The minimum Gasteiger partial charge on any atom is -0.665 e. The molecule has 1 saturated heterocycles. The van der Waals surface area contributed by atoms with Crippen molar-refractivity contribution >= 4 is 0 Å². The highest BCUT2D eigenvalue weighted by Gasteiger charge is 2.18. The first-order valence-corrected chi connectivity index (χ1v) is 4.10. The van der Waals surface area contributed by atoms with E-state index >= 15 is 0 Å². The van der Waals surface area contributed by atoms with Crippen LogP contribution in [0.4, 0.5) is 0 Å². The van der Waals surface area contributed by atoms with Gasteiger partial charge < -0.3 is 10.2 Å². The maximum absolute atomic E-state index is 4.11. The first-order valence-electron chi connectivity index (χ1n) is 4.10. The van der Waals surface area contributed by atoms with Crippen LogP contribution in [0.3, 0.4) is 0 Å². The Bertz CT molecular complexity index is 93.3. The summed E-state index contributed by atoms with van der Waals surface area (Å²) < 4.78 is 0. The Morgan fingerprint density at radius 2 is 2.40 bits per heavy atom. The summed E-state index contributed by atoms with van der Waals surface area (Å²) in [5, 5.41) is 4.11. The first kappa shape index (κ1) is 8.02. The fourth-order valence-electron chi connectivity index (χ4n) is 1.62. The molecular weight excluding hydrogens is 124 g/mol. The lowest BCUT2D eigenvalue weighted by Crippen LogP contribution is -2.25. The molecule has 1 fully saturated rings. The van der Waals surface area contributed by atoms with Gasteiger partial charge >= 0.3 is 0 Å². The van der Waals surface area contributed by atoms with Gasteiger partial charge in [0.1, 0.15) is 0 Å². The van der Waals surface area contributed by atoms with Crippen LogP contribution >= 0.6 is 0 Å². The van der Waals surface area contributed by atoms with Gasteiger partial charge in [0.2, 0.25) is 0 Å². The smallest absolute Gasteiger partial charge is 0.00763 e. The van der Waals surface area contributed by atoms with Crippen molar-refractivity contribution in [1.29, 1.82) is 0 Å². The van der Waals surface area contributed by atoms with Crippen molar-refractivity contribution in [1.82, 2.24) is 4.90 Å². The largest absolute Gasteiger partial charge is 0.665 e. The highest BCUT2D eigenvalue weighted by atomic mass is 15.1. The summed E-state index contributed by atoms with van der Waals surface area (Å²) in [6.07, 6.45) is 4.02. The van der Waals surface area contributed by atoms with Gasteiger partial charge in [-0.2, -0.15) is 7.05 Å². The molecule has 1 heterocycles. The fourth-order valence-corrected chi connectivity index (χ4v) is 1.62. The molecule has 0 aliphatic carbocycles. The van der Waals surface area contributed by atoms with Gasteiger partial charge in [-0.05, 0) is 26.4 Å². The second kappa shape index (κ2) is 3.94. The van der Waals surface area contributed by atoms with Crippen LogP contribution in [0.1, 0.15) is 19.3 Å². The van der Waals surface area contributed by atoms with Gasteiger partial charge in [0.05, 0.1) is 0 Å². The quantitative estimate of drug-likeness (QED) is 0.582. The lowest BCUT2D eigenvalue weighted by Gasteiger charge is -2.22. The Labute approximate surface area is 63.6 Å². The molecule has 1 atom stereocenters. The molecule has 10 heavy (non-hydrogen) atoms. The minimum atomic E-state index is 0.823. The Balaban J connectivity index is 2.14. The van der Waals surface area contributed by atoms with E-state index in [-0.39, 0.29) is 0 Å². The molecule has 0 aromatic heterocycles. The van der Waals surface area contributed by atoms with Crippen LogP contribution < -0.4 is 0 Å². The van der Waals surface area contributed by atoms with E-state index < -0.39 is 0 Å². The van der Waals surface area contributed by atoms with Gasteiger partial charge in [-0.15, -0.1) is 6.54 Å². The summed E-state index contributed by atoms with van der Waals surface area (Å²) in [6, 6.07) is 0.823. The van der Waals surface area contributed by atoms with E-state index in [0.29, 0.717) is 0 Å². The van der Waals surface area contributed by atoms with Gasteiger partial charge in [-0.1, -0.05) is 6.42 Å². The molecule has 1 unspecified atom stereocenters. The Morgan fingerprint density at radius 3 is 2.90 bits per heavy atom. The number of hydrogen-bond donors (Lipinski definition) is 0. The van der Waals surface area contributed by atoms with Crippen molar-refractivity contribution in [2.24, 2.45) is 0 Å². The molecule has 60 valence electrons. The van der Waals surface area contributed by atoms with Crippen LogP contribution in [0.5, 0.6) is 0 Å². The van der Waals surface area contributed by atoms with E-state index in [2.05, 4.69) is 17.3 Å². The fraction of sp³-hybridized carbons (Fsp3) is 1.00. The van der Waals surface area contributed by atoms with Crippen LogP contribution in [0.2, 0.25) is 0 Å². The zero-order valence-corrected chi connectivity index (χ0v) is 7.01. The van der Waals surface area contributed by atoms with E-state index in [4.69, 9.17) is 0 Å². The van der Waals surface area contributed by atoms with Crippen LogP contribution in [0.25, 0.3) is 5.32 Å². The van der Waals surface area contributed by atoms with E-state index in [0.717, 1.165) is 12.6 Å². The van der Waals surface area contributed by atoms with Crippen molar-refractivity contribution in [2.45, 2.75) is 25.3 Å². The lowest BCUT2D eigenvalue weighted by molar-refractivity contribution is 0.302. The molecule has 1 rings (SSSR count). The average molecular weight is 141 g/mol. The number of likely N-dealkylation sites (tertiary alicyclic amines) is 1. The van der Waals surface area contributed by atoms with E-state index in [1.165, 1.54) is 25.8 Å². The molecule has 0 aromatic rings. The molecule has 0 bridgehead atoms. The molecule has 2 nitrogen and oxygen atoms in total. The van der Waals surface area contributed by atoms with Gasteiger partial charge in [-0.25, -0.2) is 0 Å². The van der Waals surface area contributed by atoms with Crippen molar-refractivity contribution in [2.75, 3.05) is 27.2 Å². The minimum absolute atomic E-state index is 0.823. The van der Waals surface area contributed by atoms with Crippen LogP contribution in [0, 0.1) is 0 Å². The zero-order chi connectivity index (χ0) is 7.40. The molecule has 0 saturated carbocycles. The molecule has 0 N–H and O–H groups in total. The molecule has 1 aliphatic rings. The summed E-state index contributed by atoms with van der Waals surface area (Å²) in [7, 11) is 4.11. The maximum Gasteiger partial charge on any atom is 0.00763 e. The van der Waals surface area contributed by atoms with Crippen molar-refractivity contribution in [3.63, 3.8) is 0 Å². The van der Waals surface area contributed by atoms with E-state index in [1.54, 1.807) is 0 Å². The molecule has 0 amide bonds. The summed E-state index contributed by atoms with van der Waals surface area (Å²) in [5.41, 5.74) is 0. The monoisotopic (exact) mass is 141 g/mol. The second-order valence-electron chi connectivity index (χ2n) is 3.11. The summed E-state index contributed by atoms with van der Waals surface area (Å²) >= 11 is 0. The second-order valence-corrected chi connectivity index (χ2v) is 3.11. The molecular formula is C8H17N2-. The van der Waals surface area contributed by atoms with E-state index in [1.807, 2.05) is 7.05 Å². The molecule has 2 heteroatoms. The lowest BCUT2D eigenvalue weighted by atomic mass is 10.1. The van der Waals surface area contributed by atoms with Gasteiger partial charge in [-0.3, -0.25) is 0 Å². The predicted octanol–water partition coefficient (Wildman–Crippen LogP) is 1.47. The van der Waals surface area contributed by atoms with Crippen molar-refractivity contribution in [3.8, 4) is 0 Å². The topological polar surface area (TPSA) is 17.3 Å². The van der Waals surface area contributed by atoms with Gasteiger partial charge in [0.25, 0.3) is 0 Å². The maximum atomic E-state index is 4.11. The number of hydrogen-bond acceptors (Lipinski definition) is 1. The van der Waals surface area contributed by atoms with Crippen LogP contribution in [0.15, 0.2) is 0 Å². The zero-order valence-electron chi connectivity index (χ0n) is 7.01. The number of nitrogens with zero attached hydrogens (tertiary/aromatic N) is 2. The Hall–Kier alpha value is -0.0800. The number of rotatable bonds is 3. The van der Waals surface area contributed by atoms with Crippen molar-refractivity contribution in [3.05, 3.63) is 5.32 Å². The highest BCUT2D eigenvalue weighted by Crippen LogP contribution is 2.17. The predicted molar refractivity (Wildman–Crippen MR) is 44.4 cm³/mol. The van der Waals surface area contributed by atoms with Gasteiger partial charge in [0, 0.05) is 6.04 Å². The summed E-state index contributed by atoms with van der Waals surface area (Å²) in [6.45, 7) is 2.32. The third-order valence-corrected chi connectivity index (χ3v) is 2.36. The van der Waals surface area contributed by atoms with E-state index in [9.17, 15) is 0 Å².